The zero-order chi connectivity index (χ0) is 14.2. The van der Waals surface area contributed by atoms with Crippen LogP contribution in [-0.2, 0) is 10.5 Å². The third kappa shape index (κ3) is 2.77. The predicted octanol–water partition coefficient (Wildman–Crippen LogP) is 3.92. The number of nitrogens with one attached hydrogen (secondary N) is 1. The average Bonchev–Trinajstić information content (AvgIpc) is 3.21. The Morgan fingerprint density at radius 2 is 2.19 bits per heavy atom. The van der Waals surface area contributed by atoms with Gasteiger partial charge in [-0.1, -0.05) is 12.5 Å². The number of hydrogen-bond donors (Lipinski definition) is 1. The van der Waals surface area contributed by atoms with E-state index in [2.05, 4.69) is 22.8 Å². The van der Waals surface area contributed by atoms with Crippen LogP contribution in [0.2, 0.25) is 0 Å². The average molecular weight is 322 g/mol. The Balaban J connectivity index is 1.24. The number of thioether (sulfide) groups is 1. The van der Waals surface area contributed by atoms with E-state index >= 15 is 0 Å². The van der Waals surface area contributed by atoms with E-state index in [0.29, 0.717) is 11.8 Å². The monoisotopic (exact) mass is 321 g/mol. The first-order chi connectivity index (χ1) is 10.3. The molecule has 1 aromatic rings. The number of fused-ring (bicyclic) bond motifs is 5. The van der Waals surface area contributed by atoms with Crippen molar-refractivity contribution >= 4 is 29.0 Å². The second-order valence-electron chi connectivity index (χ2n) is 6.90. The lowest BCUT2D eigenvalue weighted by Crippen LogP contribution is -2.43. The van der Waals surface area contributed by atoms with Crippen molar-refractivity contribution in [2.24, 2.45) is 23.7 Å². The number of thiophene rings is 1. The third-order valence-electron chi connectivity index (χ3n) is 5.83. The van der Waals surface area contributed by atoms with Crippen molar-refractivity contribution < 1.29 is 4.79 Å². The van der Waals surface area contributed by atoms with E-state index in [1.54, 1.807) is 23.1 Å². The van der Waals surface area contributed by atoms with Gasteiger partial charge in [-0.05, 0) is 60.8 Å². The predicted molar refractivity (Wildman–Crippen MR) is 89.5 cm³/mol. The van der Waals surface area contributed by atoms with Gasteiger partial charge in [0.1, 0.15) is 0 Å². The highest BCUT2D eigenvalue weighted by atomic mass is 32.2. The van der Waals surface area contributed by atoms with Gasteiger partial charge in [0.05, 0.1) is 5.75 Å². The van der Waals surface area contributed by atoms with Gasteiger partial charge in [-0.3, -0.25) is 4.79 Å². The largest absolute Gasteiger partial charge is 0.352 e. The quantitative estimate of drug-likeness (QED) is 0.890. The Morgan fingerprint density at radius 3 is 3.05 bits per heavy atom. The first kappa shape index (κ1) is 14.1. The lowest BCUT2D eigenvalue weighted by Gasteiger charge is -2.32. The molecule has 0 spiro atoms. The minimum atomic E-state index is 0.253. The first-order valence-corrected chi connectivity index (χ1v) is 10.2. The Bertz CT molecular complexity index is 501. The van der Waals surface area contributed by atoms with Crippen molar-refractivity contribution in [2.45, 2.75) is 43.9 Å². The molecule has 3 saturated carbocycles. The maximum Gasteiger partial charge on any atom is 0.230 e. The fourth-order valence-corrected chi connectivity index (χ4v) is 6.80. The Labute approximate surface area is 135 Å². The van der Waals surface area contributed by atoms with Crippen LogP contribution in [0.4, 0.5) is 0 Å². The van der Waals surface area contributed by atoms with Gasteiger partial charge in [-0.15, -0.1) is 23.1 Å². The van der Waals surface area contributed by atoms with E-state index in [9.17, 15) is 4.79 Å². The Hall–Kier alpha value is -0.480. The van der Waals surface area contributed by atoms with Crippen molar-refractivity contribution in [3.05, 3.63) is 22.4 Å². The summed E-state index contributed by atoms with van der Waals surface area (Å²) < 4.78 is 0. The molecule has 1 N–H and O–H groups in total. The van der Waals surface area contributed by atoms with Crippen LogP contribution in [0.25, 0.3) is 0 Å². The molecule has 4 rings (SSSR count). The minimum Gasteiger partial charge on any atom is -0.352 e. The summed E-state index contributed by atoms with van der Waals surface area (Å²) >= 11 is 3.52. The molecule has 114 valence electrons. The van der Waals surface area contributed by atoms with Gasteiger partial charge in [-0.2, -0.15) is 0 Å². The summed E-state index contributed by atoms with van der Waals surface area (Å²) in [6.07, 6.45) is 6.96. The summed E-state index contributed by atoms with van der Waals surface area (Å²) in [6, 6.07) is 4.71. The van der Waals surface area contributed by atoms with Crippen LogP contribution in [0.1, 0.15) is 37.0 Å². The summed E-state index contributed by atoms with van der Waals surface area (Å²) in [4.78, 5) is 13.5. The van der Waals surface area contributed by atoms with E-state index in [-0.39, 0.29) is 5.91 Å². The van der Waals surface area contributed by atoms with Crippen LogP contribution in [0.5, 0.6) is 0 Å². The van der Waals surface area contributed by atoms with Crippen LogP contribution in [0.15, 0.2) is 17.5 Å². The van der Waals surface area contributed by atoms with Gasteiger partial charge in [0, 0.05) is 16.7 Å². The van der Waals surface area contributed by atoms with Crippen LogP contribution in [0.3, 0.4) is 0 Å². The molecule has 0 saturated heterocycles. The molecular weight excluding hydrogens is 298 g/mol. The fourth-order valence-electron chi connectivity index (χ4n) is 5.12. The van der Waals surface area contributed by atoms with Gasteiger partial charge in [0.25, 0.3) is 0 Å². The molecule has 1 amide bonds. The molecule has 2 bridgehead atoms. The molecule has 3 fully saturated rings. The number of rotatable bonds is 5. The first-order valence-electron chi connectivity index (χ1n) is 8.21. The van der Waals surface area contributed by atoms with Crippen LogP contribution < -0.4 is 5.32 Å². The molecule has 5 atom stereocenters. The van der Waals surface area contributed by atoms with Gasteiger partial charge in [-0.25, -0.2) is 0 Å². The van der Waals surface area contributed by atoms with Crippen molar-refractivity contribution in [1.29, 1.82) is 0 Å². The lowest BCUT2D eigenvalue weighted by atomic mass is 9.79. The number of carbonyl (C=O) groups is 1. The van der Waals surface area contributed by atoms with Crippen molar-refractivity contribution in [1.82, 2.24) is 5.32 Å². The number of amides is 1. The minimum absolute atomic E-state index is 0.253. The summed E-state index contributed by atoms with van der Waals surface area (Å²) in [5, 5.41) is 5.45. The zero-order valence-corrected chi connectivity index (χ0v) is 13.9. The van der Waals surface area contributed by atoms with Gasteiger partial charge in [0.15, 0.2) is 0 Å². The molecule has 0 unspecified atom stereocenters. The van der Waals surface area contributed by atoms with Gasteiger partial charge >= 0.3 is 0 Å². The molecule has 0 aromatic carbocycles. The second-order valence-corrected chi connectivity index (χ2v) is 8.92. The lowest BCUT2D eigenvalue weighted by molar-refractivity contribution is -0.119. The third-order valence-corrected chi connectivity index (χ3v) is 7.87. The van der Waals surface area contributed by atoms with Gasteiger partial charge < -0.3 is 5.32 Å². The highest BCUT2D eigenvalue weighted by Crippen LogP contribution is 2.58. The summed E-state index contributed by atoms with van der Waals surface area (Å²) in [5.41, 5.74) is 0. The van der Waals surface area contributed by atoms with E-state index < -0.39 is 0 Å². The number of hydrogen-bond acceptors (Lipinski definition) is 3. The number of carbonyl (C=O) groups excluding carboxylic acids is 1. The van der Waals surface area contributed by atoms with Crippen molar-refractivity contribution in [3.63, 3.8) is 0 Å². The standard InChI is InChI=1S/C17H23NOS2/c19-17(10-20-9-12-3-2-6-21-12)18-16-8-11-7-15(16)14-5-1-4-13(11)14/h2-3,6,11,13-16H,1,4-5,7-10H2,(H,18,19)/t11-,13-,14+,15+,16-/m1/s1. The highest BCUT2D eigenvalue weighted by molar-refractivity contribution is 7.99. The Kier molecular flexibility index (Phi) is 4.01. The van der Waals surface area contributed by atoms with E-state index in [1.165, 1.54) is 37.0 Å². The van der Waals surface area contributed by atoms with Crippen LogP contribution >= 0.6 is 23.1 Å². The van der Waals surface area contributed by atoms with Crippen LogP contribution in [-0.4, -0.2) is 17.7 Å². The Morgan fingerprint density at radius 1 is 1.29 bits per heavy atom. The summed E-state index contributed by atoms with van der Waals surface area (Å²) in [7, 11) is 0. The molecule has 1 aromatic heterocycles. The van der Waals surface area contributed by atoms with E-state index in [0.717, 1.165) is 29.4 Å². The summed E-state index contributed by atoms with van der Waals surface area (Å²) in [5.74, 6) is 5.50. The topological polar surface area (TPSA) is 29.1 Å². The summed E-state index contributed by atoms with van der Waals surface area (Å²) in [6.45, 7) is 0. The smallest absolute Gasteiger partial charge is 0.230 e. The van der Waals surface area contributed by atoms with E-state index in [1.807, 2.05) is 0 Å². The van der Waals surface area contributed by atoms with Crippen LogP contribution in [0, 0.1) is 23.7 Å². The maximum atomic E-state index is 12.2. The molecule has 0 radical (unpaired) electrons. The fraction of sp³-hybridized carbons (Fsp3) is 0.706. The molecule has 2 nitrogen and oxygen atoms in total. The highest BCUT2D eigenvalue weighted by Gasteiger charge is 2.53. The van der Waals surface area contributed by atoms with E-state index in [4.69, 9.17) is 0 Å². The molecule has 3 aliphatic carbocycles. The van der Waals surface area contributed by atoms with Gasteiger partial charge in [0.2, 0.25) is 5.91 Å². The molecular formula is C17H23NOS2. The molecule has 1 heterocycles. The van der Waals surface area contributed by atoms with Crippen molar-refractivity contribution in [3.8, 4) is 0 Å². The molecule has 3 aliphatic rings. The molecule has 21 heavy (non-hydrogen) atoms. The molecule has 0 aliphatic heterocycles. The second kappa shape index (κ2) is 5.96. The van der Waals surface area contributed by atoms with Crippen molar-refractivity contribution in [2.75, 3.05) is 5.75 Å². The molecule has 4 heteroatoms. The maximum absolute atomic E-state index is 12.2. The SMILES string of the molecule is O=C(CSCc1cccs1)N[C@@H]1C[C@H]2C[C@H]1[C@H]1CCC[C@H]21. The normalized spacial score (nSPS) is 36.9. The zero-order valence-electron chi connectivity index (χ0n) is 12.3.